The normalized spacial score (nSPS) is 19.0. The van der Waals surface area contributed by atoms with Crippen molar-refractivity contribution in [1.29, 1.82) is 0 Å². The molecule has 910 valence electrons. The van der Waals surface area contributed by atoms with Crippen LogP contribution in [0.2, 0.25) is 0 Å². The van der Waals surface area contributed by atoms with E-state index in [0.717, 1.165) is 173 Å². The van der Waals surface area contributed by atoms with Gasteiger partial charge in [-0.25, -0.2) is 0 Å². The average molecular weight is 2140 g/mol. The number of hydrogen-bond donors (Lipinski definition) is 0. The maximum atomic E-state index is 12.4. The Hall–Kier alpha value is -4.24. The highest BCUT2D eigenvalue weighted by atomic mass is 16.6. The topological polar surface area (TPSA) is 210 Å². The predicted molar refractivity (Wildman–Crippen MR) is 661 cm³/mol. The van der Waals surface area contributed by atoms with Gasteiger partial charge >= 0.3 is 47.8 Å². The van der Waals surface area contributed by atoms with E-state index in [2.05, 4.69) is 69.2 Å². The molecule has 0 bridgehead atoms. The minimum absolute atomic E-state index is 0. The van der Waals surface area contributed by atoms with Crippen LogP contribution in [0, 0.1) is 43.8 Å². The summed E-state index contributed by atoms with van der Waals surface area (Å²) in [7, 11) is 0. The summed E-state index contributed by atoms with van der Waals surface area (Å²) in [6.45, 7) is 62.9. The van der Waals surface area contributed by atoms with Crippen molar-refractivity contribution in [2.75, 3.05) is 0 Å². The largest absolute Gasteiger partial charge is 0.459 e. The second kappa shape index (κ2) is 87.7. The van der Waals surface area contributed by atoms with Crippen LogP contribution in [0.25, 0.3) is 0 Å². The highest BCUT2D eigenvalue weighted by molar-refractivity contribution is 5.79. The molecule has 0 saturated heterocycles. The lowest BCUT2D eigenvalue weighted by Gasteiger charge is -2.36. The van der Waals surface area contributed by atoms with Gasteiger partial charge in [0, 0.05) is 0 Å². The summed E-state index contributed by atoms with van der Waals surface area (Å²) in [6, 6.07) is 0. The standard InChI is InChI=1S/C19H36O2.C17H32O2.C15H28O2.2C14H26O2.2C13H24O2.C12H22O2.16CH4/c1-5-18(2,3)17(20)21-19(4)15-13-11-9-7-6-8-10-12-14-16-19;1-5-16(2,3)15(18)19-17(4)13-11-9-7-6-8-10-12-14-17;1-5-14(3,4)13(16)17-15(6-2)11-9-7-8-10-12-15;1-5-13(2,3)12(15)16-14(4)10-8-6-7-9-11-14;1-4-12(3)13(15)16-14(5-2)10-8-6-7-9-11-14;1-5-12(2,3)11(14)15-13(4)9-7-6-8-10-13;1-5-12(3,4)11(14)15-13(6-2)9-7-8-10-13;1-5-11(2,3)10(13)14-12(4)8-6-7-9-12;;;;;;;;;;;;;;;;/h5-16H2,1-4H3;5-14H2,1-4H3;5-12H2,1-4H3;5-11H2,1-4H3;12H,4-11H2,1-3H3;2*5-10H2,1-4H3;5-9H2,1-4H3;16*1H4. The molecule has 0 aromatic heterocycles. The molecular weight excluding hydrogens is 1850 g/mol. The first-order valence-electron chi connectivity index (χ1n) is 55.9. The van der Waals surface area contributed by atoms with Gasteiger partial charge in [-0.05, 0) is 408 Å². The van der Waals surface area contributed by atoms with Gasteiger partial charge in [-0.1, -0.05) is 324 Å². The summed E-state index contributed by atoms with van der Waals surface area (Å²) in [5.74, 6) is -0.109. The van der Waals surface area contributed by atoms with E-state index in [0.29, 0.717) is 0 Å². The van der Waals surface area contributed by atoms with Gasteiger partial charge in [0.05, 0.1) is 43.8 Å². The van der Waals surface area contributed by atoms with Gasteiger partial charge in [0.1, 0.15) is 44.8 Å². The molecule has 8 fully saturated rings. The van der Waals surface area contributed by atoms with Crippen LogP contribution in [0.3, 0.4) is 0 Å². The summed E-state index contributed by atoms with van der Waals surface area (Å²) in [5.41, 5.74) is -3.87. The number of hydrogen-bond acceptors (Lipinski definition) is 16. The monoisotopic (exact) mass is 2140 g/mol. The minimum Gasteiger partial charge on any atom is -0.459 e. The zero-order chi connectivity index (χ0) is 101. The molecule has 8 saturated carbocycles. The fourth-order valence-corrected chi connectivity index (χ4v) is 18.1. The molecule has 8 aliphatic carbocycles. The molecule has 1 unspecified atom stereocenters. The zero-order valence-corrected chi connectivity index (χ0v) is 93.4. The number of esters is 8. The van der Waals surface area contributed by atoms with Crippen LogP contribution in [0.1, 0.15) is 732 Å². The maximum absolute atomic E-state index is 12.4. The number of carbonyl (C=O) groups is 8. The molecular formula is C133H282O16. The molecule has 1 atom stereocenters. The van der Waals surface area contributed by atoms with Crippen molar-refractivity contribution in [2.24, 2.45) is 43.8 Å². The highest BCUT2D eigenvalue weighted by Crippen LogP contribution is 2.44. The summed E-state index contributed by atoms with van der Waals surface area (Å²) in [4.78, 5) is 96.7. The van der Waals surface area contributed by atoms with Gasteiger partial charge in [0.25, 0.3) is 0 Å². The van der Waals surface area contributed by atoms with Crippen molar-refractivity contribution in [1.82, 2.24) is 0 Å². The second-order valence-electron chi connectivity index (χ2n) is 48.4. The molecule has 149 heavy (non-hydrogen) atoms. The van der Waals surface area contributed by atoms with Gasteiger partial charge in [0.2, 0.25) is 0 Å². The highest BCUT2D eigenvalue weighted by Gasteiger charge is 2.45. The smallest absolute Gasteiger partial charge is 0.312 e. The van der Waals surface area contributed by atoms with Crippen LogP contribution < -0.4 is 0 Å². The first-order valence-corrected chi connectivity index (χ1v) is 55.9. The minimum atomic E-state index is -0.354. The Morgan fingerprint density at radius 3 is 0.423 bits per heavy atom. The molecule has 16 nitrogen and oxygen atoms in total. The van der Waals surface area contributed by atoms with Crippen LogP contribution in [-0.4, -0.2) is 92.6 Å². The van der Waals surface area contributed by atoms with Crippen molar-refractivity contribution in [3.05, 3.63) is 0 Å². The maximum Gasteiger partial charge on any atom is 0.312 e. The van der Waals surface area contributed by atoms with E-state index >= 15 is 0 Å². The quantitative estimate of drug-likeness (QED) is 0.0425. The van der Waals surface area contributed by atoms with E-state index in [1.807, 2.05) is 145 Å². The molecule has 0 spiro atoms. The molecule has 0 aromatic rings. The Kier molecular flexibility index (Phi) is 106. The van der Waals surface area contributed by atoms with Crippen molar-refractivity contribution >= 4 is 47.8 Å². The third-order valence-electron chi connectivity index (χ3n) is 33.2. The molecule has 0 aromatic carbocycles. The van der Waals surface area contributed by atoms with Crippen molar-refractivity contribution in [3.63, 3.8) is 0 Å². The van der Waals surface area contributed by atoms with Crippen LogP contribution >= 0.6 is 0 Å². The molecule has 16 heteroatoms. The third-order valence-corrected chi connectivity index (χ3v) is 33.2. The molecule has 0 N–H and O–H groups in total. The van der Waals surface area contributed by atoms with Gasteiger partial charge in [-0.3, -0.25) is 38.4 Å². The van der Waals surface area contributed by atoms with Crippen LogP contribution in [0.5, 0.6) is 0 Å². The second-order valence-corrected chi connectivity index (χ2v) is 48.4. The van der Waals surface area contributed by atoms with Gasteiger partial charge < -0.3 is 37.9 Å². The molecule has 0 aliphatic heterocycles. The molecule has 0 heterocycles. The summed E-state index contributed by atoms with van der Waals surface area (Å²) in [6.07, 6.45) is 70.3. The molecule has 0 amide bonds. The first-order chi connectivity index (χ1) is 62.0. The zero-order valence-electron chi connectivity index (χ0n) is 93.4. The lowest BCUT2D eigenvalue weighted by molar-refractivity contribution is -0.173. The van der Waals surface area contributed by atoms with E-state index in [1.165, 1.54) is 225 Å². The Balaban J connectivity index is -0.0000000957. The fourth-order valence-electron chi connectivity index (χ4n) is 18.1. The molecule has 8 aliphatic rings. The Bertz CT molecular complexity index is 3190. The lowest BCUT2D eigenvalue weighted by atomic mass is 9.85. The predicted octanol–water partition coefficient (Wildman–Crippen LogP) is 44.8. The van der Waals surface area contributed by atoms with Gasteiger partial charge in [-0.2, -0.15) is 0 Å². The lowest BCUT2D eigenvalue weighted by Crippen LogP contribution is -2.39. The van der Waals surface area contributed by atoms with Gasteiger partial charge in [0.15, 0.2) is 0 Å². The van der Waals surface area contributed by atoms with E-state index in [9.17, 15) is 38.4 Å². The SMILES string of the molecule is C.C.C.C.C.C.C.C.C.C.C.C.C.C.C.C.CCC(C)(C)C(=O)OC1(C)CCCC1.CCC(C)(C)C(=O)OC1(C)CCCCC1.CCC(C)(C)C(=O)OC1(C)CCCCCC1.CCC(C)(C)C(=O)OC1(C)CCCCCCCCC1.CCC(C)(C)C(=O)OC1(C)CCCCCCCCCCC1.CCC(C)C(=O)OC1(CC)CCCCCC1.CCC1(OC(=O)C(C)(C)CC)CCCC1.CCC1(OC(=O)C(C)(C)CC)CCCCCC1. The number of rotatable bonds is 27. The van der Waals surface area contributed by atoms with Crippen molar-refractivity contribution in [2.45, 2.75) is 776 Å². The van der Waals surface area contributed by atoms with E-state index in [4.69, 9.17) is 37.9 Å². The third kappa shape index (κ3) is 68.9. The summed E-state index contributed by atoms with van der Waals surface area (Å²) in [5, 5.41) is 0. The Morgan fingerprint density at radius 2 is 0.289 bits per heavy atom. The first kappa shape index (κ1) is 180. The van der Waals surface area contributed by atoms with E-state index < -0.39 is 0 Å². The number of ether oxygens (including phenoxy) is 8. The average Bonchev–Trinajstić information content (AvgIpc) is 1.64. The summed E-state index contributed by atoms with van der Waals surface area (Å²) >= 11 is 0. The summed E-state index contributed by atoms with van der Waals surface area (Å²) < 4.78 is 46.5. The molecule has 8 rings (SSSR count). The Morgan fingerprint density at radius 1 is 0.181 bits per heavy atom. The number of carbonyl (C=O) groups excluding carboxylic acids is 8. The van der Waals surface area contributed by atoms with Crippen LogP contribution in [0.4, 0.5) is 0 Å². The fraction of sp³-hybridized carbons (Fsp3) is 0.940. The van der Waals surface area contributed by atoms with Crippen LogP contribution in [0.15, 0.2) is 0 Å². The van der Waals surface area contributed by atoms with Crippen molar-refractivity contribution in [3.8, 4) is 0 Å². The van der Waals surface area contributed by atoms with Crippen LogP contribution in [-0.2, 0) is 76.3 Å². The molecule has 0 radical (unpaired) electrons. The van der Waals surface area contributed by atoms with Gasteiger partial charge in [-0.15, -0.1) is 0 Å². The van der Waals surface area contributed by atoms with E-state index in [-0.39, 0.29) is 255 Å². The Labute approximate surface area is 938 Å². The van der Waals surface area contributed by atoms with Crippen molar-refractivity contribution < 1.29 is 76.3 Å². The van der Waals surface area contributed by atoms with E-state index in [1.54, 1.807) is 0 Å².